The number of anilines is 1. The van der Waals surface area contributed by atoms with Crippen LogP contribution in [0.15, 0.2) is 18.2 Å². The zero-order chi connectivity index (χ0) is 9.97. The smallest absolute Gasteiger partial charge is 0.0685 e. The van der Waals surface area contributed by atoms with Crippen LogP contribution in [-0.4, -0.2) is 11.7 Å². The van der Waals surface area contributed by atoms with Crippen molar-refractivity contribution in [3.8, 4) is 0 Å². The Morgan fingerprint density at radius 2 is 2.36 bits per heavy atom. The molecule has 1 heterocycles. The zero-order valence-electron chi connectivity index (χ0n) is 8.16. The molecular formula is C11H16N2O. The third-order valence-electron chi connectivity index (χ3n) is 2.77. The predicted octanol–water partition coefficient (Wildman–Crippen LogP) is 1.19. The van der Waals surface area contributed by atoms with Gasteiger partial charge in [0.1, 0.15) is 0 Å². The van der Waals surface area contributed by atoms with Gasteiger partial charge in [0.05, 0.1) is 6.61 Å². The van der Waals surface area contributed by atoms with E-state index in [1.54, 1.807) is 0 Å². The lowest BCUT2D eigenvalue weighted by Gasteiger charge is -2.15. The summed E-state index contributed by atoms with van der Waals surface area (Å²) in [5.41, 5.74) is 8.53. The van der Waals surface area contributed by atoms with Gasteiger partial charge in [0.25, 0.3) is 0 Å². The molecule has 0 saturated carbocycles. The van der Waals surface area contributed by atoms with Gasteiger partial charge in [0, 0.05) is 11.7 Å². The van der Waals surface area contributed by atoms with Gasteiger partial charge in [-0.25, -0.2) is 0 Å². The second-order valence-corrected chi connectivity index (χ2v) is 3.77. The molecule has 1 saturated heterocycles. The highest BCUT2D eigenvalue weighted by Crippen LogP contribution is 2.27. The Kier molecular flexibility index (Phi) is 2.70. The molecule has 0 aromatic heterocycles. The van der Waals surface area contributed by atoms with Crippen LogP contribution in [0.5, 0.6) is 0 Å². The molecule has 14 heavy (non-hydrogen) atoms. The van der Waals surface area contributed by atoms with Gasteiger partial charge in [-0.3, -0.25) is 0 Å². The van der Waals surface area contributed by atoms with Crippen LogP contribution in [-0.2, 0) is 6.61 Å². The summed E-state index contributed by atoms with van der Waals surface area (Å²) in [5, 5.41) is 12.6. The van der Waals surface area contributed by atoms with Crippen molar-refractivity contribution in [1.82, 2.24) is 5.32 Å². The van der Waals surface area contributed by atoms with Crippen molar-refractivity contribution >= 4 is 5.69 Å². The molecule has 1 atom stereocenters. The fraction of sp³-hybridized carbons (Fsp3) is 0.455. The number of benzene rings is 1. The van der Waals surface area contributed by atoms with E-state index >= 15 is 0 Å². The molecule has 1 aromatic rings. The van der Waals surface area contributed by atoms with E-state index in [1.807, 2.05) is 18.2 Å². The van der Waals surface area contributed by atoms with Crippen LogP contribution in [0.25, 0.3) is 0 Å². The van der Waals surface area contributed by atoms with Crippen molar-refractivity contribution in [3.05, 3.63) is 29.3 Å². The normalized spacial score (nSPS) is 21.4. The van der Waals surface area contributed by atoms with Gasteiger partial charge >= 0.3 is 0 Å². The number of nitrogen functional groups attached to an aromatic ring is 1. The van der Waals surface area contributed by atoms with E-state index in [9.17, 15) is 5.11 Å². The molecular weight excluding hydrogens is 176 g/mol. The van der Waals surface area contributed by atoms with Crippen LogP contribution in [0.2, 0.25) is 0 Å². The van der Waals surface area contributed by atoms with Crippen molar-refractivity contribution in [2.45, 2.75) is 25.5 Å². The third kappa shape index (κ3) is 1.74. The molecule has 1 aliphatic heterocycles. The highest BCUT2D eigenvalue weighted by molar-refractivity contribution is 5.45. The van der Waals surface area contributed by atoms with Crippen molar-refractivity contribution < 1.29 is 5.11 Å². The summed E-state index contributed by atoms with van der Waals surface area (Å²) in [6, 6.07) is 6.17. The van der Waals surface area contributed by atoms with Gasteiger partial charge < -0.3 is 16.2 Å². The lowest BCUT2D eigenvalue weighted by atomic mass is 9.99. The Labute approximate surface area is 83.9 Å². The molecule has 0 spiro atoms. The maximum Gasteiger partial charge on any atom is 0.0685 e. The lowest BCUT2D eigenvalue weighted by Crippen LogP contribution is -2.14. The number of hydrogen-bond donors (Lipinski definition) is 3. The summed E-state index contributed by atoms with van der Waals surface area (Å²) < 4.78 is 0. The van der Waals surface area contributed by atoms with Crippen molar-refractivity contribution in [2.75, 3.05) is 12.3 Å². The summed E-state index contributed by atoms with van der Waals surface area (Å²) in [6.07, 6.45) is 2.36. The Morgan fingerprint density at radius 3 is 3.00 bits per heavy atom. The van der Waals surface area contributed by atoms with E-state index in [0.29, 0.717) is 6.04 Å². The number of aliphatic hydroxyl groups is 1. The second-order valence-electron chi connectivity index (χ2n) is 3.77. The number of hydrogen-bond acceptors (Lipinski definition) is 3. The highest BCUT2D eigenvalue weighted by atomic mass is 16.3. The van der Waals surface area contributed by atoms with Gasteiger partial charge in [0.15, 0.2) is 0 Å². The molecule has 1 fully saturated rings. The maximum atomic E-state index is 9.22. The Balaban J connectivity index is 2.31. The van der Waals surface area contributed by atoms with E-state index in [2.05, 4.69) is 5.32 Å². The van der Waals surface area contributed by atoms with Gasteiger partial charge in [-0.1, -0.05) is 6.07 Å². The van der Waals surface area contributed by atoms with Crippen LogP contribution >= 0.6 is 0 Å². The quantitative estimate of drug-likeness (QED) is 0.617. The molecule has 76 valence electrons. The molecule has 4 N–H and O–H groups in total. The molecule has 3 heteroatoms. The summed E-state index contributed by atoms with van der Waals surface area (Å²) in [6.45, 7) is 1.14. The van der Waals surface area contributed by atoms with Crippen LogP contribution in [0, 0.1) is 0 Å². The first-order chi connectivity index (χ1) is 6.81. The van der Waals surface area contributed by atoms with Gasteiger partial charge in [-0.15, -0.1) is 0 Å². The van der Waals surface area contributed by atoms with Crippen LogP contribution in [0.4, 0.5) is 5.69 Å². The number of nitrogens with one attached hydrogen (secondary N) is 1. The van der Waals surface area contributed by atoms with Gasteiger partial charge in [-0.05, 0) is 42.6 Å². The van der Waals surface area contributed by atoms with Crippen molar-refractivity contribution in [3.63, 3.8) is 0 Å². The maximum absolute atomic E-state index is 9.22. The average Bonchev–Trinajstić information content (AvgIpc) is 2.70. The van der Waals surface area contributed by atoms with E-state index in [-0.39, 0.29) is 6.61 Å². The first kappa shape index (κ1) is 9.49. The minimum absolute atomic E-state index is 0.0680. The van der Waals surface area contributed by atoms with Crippen LogP contribution < -0.4 is 11.1 Å². The van der Waals surface area contributed by atoms with Crippen LogP contribution in [0.3, 0.4) is 0 Å². The van der Waals surface area contributed by atoms with E-state index in [1.165, 1.54) is 12.0 Å². The highest BCUT2D eigenvalue weighted by Gasteiger charge is 2.18. The number of aliphatic hydroxyl groups excluding tert-OH is 1. The fourth-order valence-electron chi connectivity index (χ4n) is 2.05. The molecule has 0 radical (unpaired) electrons. The monoisotopic (exact) mass is 192 g/mol. The fourth-order valence-corrected chi connectivity index (χ4v) is 2.05. The van der Waals surface area contributed by atoms with Crippen molar-refractivity contribution in [2.24, 2.45) is 0 Å². The molecule has 0 amide bonds. The van der Waals surface area contributed by atoms with E-state index < -0.39 is 0 Å². The predicted molar refractivity (Wildman–Crippen MR) is 56.8 cm³/mol. The topological polar surface area (TPSA) is 58.3 Å². The van der Waals surface area contributed by atoms with Crippen LogP contribution in [0.1, 0.15) is 30.0 Å². The minimum atomic E-state index is 0.0680. The number of nitrogens with two attached hydrogens (primary N) is 1. The molecule has 0 unspecified atom stereocenters. The second kappa shape index (κ2) is 3.98. The minimum Gasteiger partial charge on any atom is -0.399 e. The zero-order valence-corrected chi connectivity index (χ0v) is 8.16. The SMILES string of the molecule is Nc1ccc([C@H]2CCCN2)c(CO)c1. The first-order valence-corrected chi connectivity index (χ1v) is 5.04. The first-order valence-electron chi connectivity index (χ1n) is 5.04. The summed E-state index contributed by atoms with van der Waals surface area (Å²) >= 11 is 0. The average molecular weight is 192 g/mol. The Hall–Kier alpha value is -1.06. The lowest BCUT2D eigenvalue weighted by molar-refractivity contribution is 0.279. The molecule has 0 bridgehead atoms. The Morgan fingerprint density at radius 1 is 1.50 bits per heavy atom. The summed E-state index contributed by atoms with van der Waals surface area (Å²) in [5.74, 6) is 0. The van der Waals surface area contributed by atoms with E-state index in [0.717, 1.165) is 24.2 Å². The summed E-state index contributed by atoms with van der Waals surface area (Å²) in [4.78, 5) is 0. The molecule has 1 aliphatic rings. The summed E-state index contributed by atoms with van der Waals surface area (Å²) in [7, 11) is 0. The standard InChI is InChI=1S/C11H16N2O/c12-9-3-4-10(8(6-9)7-14)11-2-1-5-13-11/h3-4,6,11,13-14H,1-2,5,7,12H2/t11-/m1/s1. The number of rotatable bonds is 2. The molecule has 2 rings (SSSR count). The molecule has 0 aliphatic carbocycles. The van der Waals surface area contributed by atoms with Crippen molar-refractivity contribution in [1.29, 1.82) is 0 Å². The molecule has 3 nitrogen and oxygen atoms in total. The van der Waals surface area contributed by atoms with Gasteiger partial charge in [0.2, 0.25) is 0 Å². The van der Waals surface area contributed by atoms with Gasteiger partial charge in [-0.2, -0.15) is 0 Å². The Bertz CT molecular complexity index is 319. The largest absolute Gasteiger partial charge is 0.399 e. The molecule has 1 aromatic carbocycles. The third-order valence-corrected chi connectivity index (χ3v) is 2.77. The van der Waals surface area contributed by atoms with E-state index in [4.69, 9.17) is 5.73 Å².